The molecule has 3 nitrogen and oxygen atoms in total. The molecule has 2 heterocycles. The summed E-state index contributed by atoms with van der Waals surface area (Å²) in [6.45, 7) is 0.910. The maximum absolute atomic E-state index is 9.24. The van der Waals surface area contributed by atoms with Crippen LogP contribution >= 0.6 is 27.3 Å². The Morgan fingerprint density at radius 3 is 2.61 bits per heavy atom. The summed E-state index contributed by atoms with van der Waals surface area (Å²) in [7, 11) is 0. The van der Waals surface area contributed by atoms with Crippen LogP contribution in [-0.2, 0) is 10.2 Å². The van der Waals surface area contributed by atoms with Gasteiger partial charge in [-0.25, -0.2) is 4.98 Å². The zero-order valence-electron chi connectivity index (χ0n) is 9.39. The van der Waals surface area contributed by atoms with Crippen LogP contribution < -0.4 is 0 Å². The van der Waals surface area contributed by atoms with Gasteiger partial charge in [-0.3, -0.25) is 0 Å². The minimum absolute atomic E-state index is 0.455. The SMILES string of the molecule is N#CC1(c2nc(-c3ccc(Br)cc3)cs2)COC1. The summed E-state index contributed by atoms with van der Waals surface area (Å²) in [6.07, 6.45) is 0. The lowest BCUT2D eigenvalue weighted by atomic mass is 9.89. The Morgan fingerprint density at radius 2 is 2.06 bits per heavy atom. The minimum Gasteiger partial charge on any atom is -0.377 e. The lowest BCUT2D eigenvalue weighted by Gasteiger charge is -2.32. The van der Waals surface area contributed by atoms with Gasteiger partial charge in [0.2, 0.25) is 0 Å². The van der Waals surface area contributed by atoms with Crippen molar-refractivity contribution in [2.45, 2.75) is 5.41 Å². The van der Waals surface area contributed by atoms with Gasteiger partial charge in [0.05, 0.1) is 25.0 Å². The van der Waals surface area contributed by atoms with Gasteiger partial charge in [0.1, 0.15) is 5.01 Å². The highest BCUT2D eigenvalue weighted by Crippen LogP contribution is 2.35. The van der Waals surface area contributed by atoms with E-state index in [1.807, 2.05) is 29.6 Å². The van der Waals surface area contributed by atoms with E-state index in [2.05, 4.69) is 27.0 Å². The Bertz CT molecular complexity index is 611. The van der Waals surface area contributed by atoms with Crippen molar-refractivity contribution in [2.75, 3.05) is 13.2 Å². The molecule has 0 amide bonds. The van der Waals surface area contributed by atoms with E-state index in [0.29, 0.717) is 13.2 Å². The Hall–Kier alpha value is -1.22. The van der Waals surface area contributed by atoms with Gasteiger partial charge in [-0.2, -0.15) is 5.26 Å². The van der Waals surface area contributed by atoms with Crippen molar-refractivity contribution in [1.29, 1.82) is 5.26 Å². The molecule has 2 aromatic rings. The highest BCUT2D eigenvalue weighted by Gasteiger charge is 2.43. The third kappa shape index (κ3) is 1.87. The van der Waals surface area contributed by atoms with Gasteiger partial charge in [0.25, 0.3) is 0 Å². The molecule has 0 saturated carbocycles. The molecule has 18 heavy (non-hydrogen) atoms. The zero-order chi connectivity index (χ0) is 12.6. The van der Waals surface area contributed by atoms with Crippen molar-refractivity contribution in [3.8, 4) is 17.3 Å². The van der Waals surface area contributed by atoms with Crippen LogP contribution in [0.15, 0.2) is 34.1 Å². The average molecular weight is 321 g/mol. The number of hydrogen-bond acceptors (Lipinski definition) is 4. The predicted octanol–water partition coefficient (Wildman–Crippen LogP) is 3.36. The summed E-state index contributed by atoms with van der Waals surface area (Å²) < 4.78 is 6.20. The van der Waals surface area contributed by atoms with Crippen LogP contribution in [0.4, 0.5) is 0 Å². The van der Waals surface area contributed by atoms with E-state index in [-0.39, 0.29) is 0 Å². The van der Waals surface area contributed by atoms with E-state index < -0.39 is 5.41 Å². The van der Waals surface area contributed by atoms with Gasteiger partial charge in [-0.1, -0.05) is 28.1 Å². The number of hydrogen-bond donors (Lipinski definition) is 0. The first-order chi connectivity index (χ1) is 8.73. The van der Waals surface area contributed by atoms with Crippen LogP contribution in [0.2, 0.25) is 0 Å². The normalized spacial score (nSPS) is 16.9. The highest BCUT2D eigenvalue weighted by molar-refractivity contribution is 9.10. The largest absolute Gasteiger partial charge is 0.377 e. The summed E-state index contributed by atoms with van der Waals surface area (Å²) in [4.78, 5) is 4.58. The number of ether oxygens (including phenoxy) is 1. The monoisotopic (exact) mass is 320 g/mol. The van der Waals surface area contributed by atoms with E-state index >= 15 is 0 Å². The van der Waals surface area contributed by atoms with E-state index in [4.69, 9.17) is 4.74 Å². The number of rotatable bonds is 2. The molecule has 0 radical (unpaired) electrons. The molecule has 0 N–H and O–H groups in total. The number of benzene rings is 1. The standard InChI is InChI=1S/C13H9BrN2OS/c14-10-3-1-9(2-4-10)11-5-18-12(16-11)13(6-15)7-17-8-13/h1-5H,7-8H2. The van der Waals surface area contributed by atoms with Crippen molar-refractivity contribution >= 4 is 27.3 Å². The maximum atomic E-state index is 9.24. The summed E-state index contributed by atoms with van der Waals surface area (Å²) in [5.41, 5.74) is 1.47. The van der Waals surface area contributed by atoms with Gasteiger partial charge in [-0.05, 0) is 12.1 Å². The van der Waals surface area contributed by atoms with Crippen LogP contribution in [0, 0.1) is 11.3 Å². The Labute approximate surface area is 117 Å². The minimum atomic E-state index is -0.516. The van der Waals surface area contributed by atoms with Crippen LogP contribution in [0.5, 0.6) is 0 Å². The van der Waals surface area contributed by atoms with Crippen molar-refractivity contribution in [2.24, 2.45) is 0 Å². The molecule has 90 valence electrons. The molecule has 0 bridgehead atoms. The molecular formula is C13H9BrN2OS. The molecule has 1 fully saturated rings. The first kappa shape index (κ1) is 11.8. The smallest absolute Gasteiger partial charge is 0.155 e. The molecule has 3 rings (SSSR count). The fourth-order valence-corrected chi connectivity index (χ4v) is 3.01. The fraction of sp³-hybridized carbons (Fsp3) is 0.231. The fourth-order valence-electron chi connectivity index (χ4n) is 1.79. The average Bonchev–Trinajstić information content (AvgIpc) is 2.79. The van der Waals surface area contributed by atoms with Crippen LogP contribution in [-0.4, -0.2) is 18.2 Å². The molecular weight excluding hydrogens is 312 g/mol. The first-order valence-corrected chi connectivity index (χ1v) is 7.12. The third-order valence-corrected chi connectivity index (χ3v) is 4.54. The van der Waals surface area contributed by atoms with Gasteiger partial charge in [0, 0.05) is 15.4 Å². The van der Waals surface area contributed by atoms with E-state index in [9.17, 15) is 5.26 Å². The lowest BCUT2D eigenvalue weighted by Crippen LogP contribution is -2.45. The van der Waals surface area contributed by atoms with Crippen molar-refractivity contribution in [3.05, 3.63) is 39.1 Å². The second-order valence-corrected chi connectivity index (χ2v) is 6.01. The first-order valence-electron chi connectivity index (χ1n) is 5.44. The van der Waals surface area contributed by atoms with Crippen molar-refractivity contribution in [1.82, 2.24) is 4.98 Å². The molecule has 1 aliphatic rings. The summed E-state index contributed by atoms with van der Waals surface area (Å²) in [5.74, 6) is 0. The highest BCUT2D eigenvalue weighted by atomic mass is 79.9. The second kappa shape index (κ2) is 4.47. The molecule has 5 heteroatoms. The number of nitriles is 1. The zero-order valence-corrected chi connectivity index (χ0v) is 11.8. The van der Waals surface area contributed by atoms with Crippen molar-refractivity contribution in [3.63, 3.8) is 0 Å². The molecule has 1 aromatic heterocycles. The van der Waals surface area contributed by atoms with Crippen LogP contribution in [0.25, 0.3) is 11.3 Å². The molecule has 0 spiro atoms. The van der Waals surface area contributed by atoms with Gasteiger partial charge < -0.3 is 4.74 Å². The van der Waals surface area contributed by atoms with Crippen molar-refractivity contribution < 1.29 is 4.74 Å². The Balaban J connectivity index is 1.95. The van der Waals surface area contributed by atoms with Gasteiger partial charge in [-0.15, -0.1) is 11.3 Å². The molecule has 0 unspecified atom stereocenters. The van der Waals surface area contributed by atoms with E-state index in [0.717, 1.165) is 20.7 Å². The molecule has 0 atom stereocenters. The number of halogens is 1. The molecule has 1 aliphatic heterocycles. The summed E-state index contributed by atoms with van der Waals surface area (Å²) in [6, 6.07) is 10.3. The van der Waals surface area contributed by atoms with Crippen LogP contribution in [0.1, 0.15) is 5.01 Å². The van der Waals surface area contributed by atoms with E-state index in [1.165, 1.54) is 11.3 Å². The predicted molar refractivity (Wildman–Crippen MR) is 73.4 cm³/mol. The topological polar surface area (TPSA) is 45.9 Å². The lowest BCUT2D eigenvalue weighted by molar-refractivity contribution is -0.0298. The van der Waals surface area contributed by atoms with Gasteiger partial charge >= 0.3 is 0 Å². The third-order valence-electron chi connectivity index (χ3n) is 2.96. The summed E-state index contributed by atoms with van der Waals surface area (Å²) >= 11 is 4.94. The Kier molecular flexibility index (Phi) is 2.94. The molecule has 0 aliphatic carbocycles. The Morgan fingerprint density at radius 1 is 1.33 bits per heavy atom. The number of thiazole rings is 1. The number of aromatic nitrogens is 1. The second-order valence-electron chi connectivity index (χ2n) is 4.23. The quantitative estimate of drug-likeness (QED) is 0.852. The maximum Gasteiger partial charge on any atom is 0.155 e. The number of nitrogens with zero attached hydrogens (tertiary/aromatic N) is 2. The molecule has 1 aromatic carbocycles. The van der Waals surface area contributed by atoms with Gasteiger partial charge in [0.15, 0.2) is 5.41 Å². The summed E-state index contributed by atoms with van der Waals surface area (Å²) in [5, 5.41) is 12.1. The van der Waals surface area contributed by atoms with Crippen LogP contribution in [0.3, 0.4) is 0 Å². The molecule has 1 saturated heterocycles. The van der Waals surface area contributed by atoms with E-state index in [1.54, 1.807) is 0 Å².